The van der Waals surface area contributed by atoms with E-state index >= 15 is 0 Å². The summed E-state index contributed by atoms with van der Waals surface area (Å²) in [5, 5.41) is 18.9. The molecule has 39 heavy (non-hydrogen) atoms. The van der Waals surface area contributed by atoms with E-state index < -0.39 is 0 Å². The Kier molecular flexibility index (Phi) is 7.76. The second-order valence-electron chi connectivity index (χ2n) is 10.3. The monoisotopic (exact) mass is 519 g/mol. The van der Waals surface area contributed by atoms with Crippen LogP contribution in [0.2, 0.25) is 0 Å². The van der Waals surface area contributed by atoms with Gasteiger partial charge >= 0.3 is 0 Å². The molecule has 0 radical (unpaired) electrons. The van der Waals surface area contributed by atoms with E-state index in [2.05, 4.69) is 44.0 Å². The Bertz CT molecular complexity index is 1440. The maximum atomic E-state index is 13.5. The minimum Gasteiger partial charge on any atom is -0.368 e. The summed E-state index contributed by atoms with van der Waals surface area (Å²) in [6.45, 7) is 10.7. The third-order valence-corrected chi connectivity index (χ3v) is 7.68. The van der Waals surface area contributed by atoms with Gasteiger partial charge in [0, 0.05) is 70.2 Å². The van der Waals surface area contributed by atoms with Gasteiger partial charge in [-0.1, -0.05) is 24.3 Å². The lowest BCUT2D eigenvalue weighted by atomic mass is 10.0. The van der Waals surface area contributed by atoms with E-state index in [1.165, 1.54) is 0 Å². The fraction of sp³-hybridized carbons (Fsp3) is 0.355. The van der Waals surface area contributed by atoms with Gasteiger partial charge in [-0.3, -0.25) is 9.69 Å². The predicted octanol–water partition coefficient (Wildman–Crippen LogP) is 3.73. The van der Waals surface area contributed by atoms with Crippen LogP contribution in [0.3, 0.4) is 0 Å². The number of nitrogens with zero attached hydrogens (tertiary/aromatic N) is 7. The summed E-state index contributed by atoms with van der Waals surface area (Å²) in [6.07, 6.45) is 0. The van der Waals surface area contributed by atoms with Gasteiger partial charge in [0.25, 0.3) is 5.91 Å². The molecule has 3 aromatic rings. The van der Waals surface area contributed by atoms with Gasteiger partial charge < -0.3 is 14.7 Å². The van der Waals surface area contributed by atoms with Crippen molar-refractivity contribution in [1.82, 2.24) is 14.8 Å². The second kappa shape index (κ2) is 11.6. The SMILES string of the molecule is Cc1ccc(C#N)c(N2CCN(C(=O)c3cc(CN4CCN(c5ccccc5C#N)CC4)ccc3C)CC2)n1. The minimum absolute atomic E-state index is 0.0598. The third kappa shape index (κ3) is 5.72. The molecule has 5 rings (SSSR count). The average molecular weight is 520 g/mol. The zero-order valence-corrected chi connectivity index (χ0v) is 22.6. The van der Waals surface area contributed by atoms with E-state index in [1.807, 2.05) is 61.2 Å². The van der Waals surface area contributed by atoms with Crippen molar-refractivity contribution in [3.63, 3.8) is 0 Å². The Morgan fingerprint density at radius 1 is 0.821 bits per heavy atom. The zero-order valence-electron chi connectivity index (χ0n) is 22.6. The molecular formula is C31H33N7O. The molecule has 0 aliphatic carbocycles. The number of hydrogen-bond donors (Lipinski definition) is 0. The quantitative estimate of drug-likeness (QED) is 0.507. The first kappa shape index (κ1) is 26.2. The molecule has 2 aliphatic rings. The van der Waals surface area contributed by atoms with Crippen molar-refractivity contribution in [2.24, 2.45) is 0 Å². The number of benzene rings is 2. The van der Waals surface area contributed by atoms with Gasteiger partial charge in [-0.15, -0.1) is 0 Å². The maximum Gasteiger partial charge on any atom is 0.254 e. The van der Waals surface area contributed by atoms with Crippen molar-refractivity contribution in [3.8, 4) is 12.1 Å². The van der Waals surface area contributed by atoms with Gasteiger partial charge in [-0.05, 0) is 55.3 Å². The van der Waals surface area contributed by atoms with Crippen LogP contribution in [0, 0.1) is 36.5 Å². The van der Waals surface area contributed by atoms with Crippen molar-refractivity contribution < 1.29 is 4.79 Å². The lowest BCUT2D eigenvalue weighted by molar-refractivity contribution is 0.0745. The first-order valence-corrected chi connectivity index (χ1v) is 13.4. The highest BCUT2D eigenvalue weighted by atomic mass is 16.2. The van der Waals surface area contributed by atoms with Gasteiger partial charge in [0.15, 0.2) is 0 Å². The number of aromatic nitrogens is 1. The Labute approximate surface area is 230 Å². The van der Waals surface area contributed by atoms with Crippen LogP contribution in [0.25, 0.3) is 0 Å². The zero-order chi connectivity index (χ0) is 27.4. The van der Waals surface area contributed by atoms with Crippen LogP contribution in [0.5, 0.6) is 0 Å². The minimum atomic E-state index is 0.0598. The molecule has 0 spiro atoms. The summed E-state index contributed by atoms with van der Waals surface area (Å²) in [5.41, 5.74) is 6.04. The Morgan fingerprint density at radius 3 is 2.23 bits per heavy atom. The summed E-state index contributed by atoms with van der Waals surface area (Å²) >= 11 is 0. The molecule has 1 aromatic heterocycles. The van der Waals surface area contributed by atoms with Crippen LogP contribution in [-0.4, -0.2) is 73.0 Å². The van der Waals surface area contributed by atoms with E-state index in [0.29, 0.717) is 43.1 Å². The highest BCUT2D eigenvalue weighted by Crippen LogP contribution is 2.24. The molecule has 2 fully saturated rings. The Hall–Kier alpha value is -4.40. The topological polar surface area (TPSA) is 90.5 Å². The molecule has 0 N–H and O–H groups in total. The molecule has 0 saturated carbocycles. The van der Waals surface area contributed by atoms with E-state index in [9.17, 15) is 15.3 Å². The first-order valence-electron chi connectivity index (χ1n) is 13.4. The normalized spacial score (nSPS) is 16.1. The summed E-state index contributed by atoms with van der Waals surface area (Å²) in [4.78, 5) is 26.8. The van der Waals surface area contributed by atoms with Crippen molar-refractivity contribution in [2.75, 3.05) is 62.2 Å². The van der Waals surface area contributed by atoms with Gasteiger partial charge in [0.1, 0.15) is 18.0 Å². The lowest BCUT2D eigenvalue weighted by Crippen LogP contribution is -2.49. The summed E-state index contributed by atoms with van der Waals surface area (Å²) in [6, 6.07) is 22.2. The molecule has 8 nitrogen and oxygen atoms in total. The number of piperazine rings is 2. The van der Waals surface area contributed by atoms with Crippen LogP contribution >= 0.6 is 0 Å². The smallest absolute Gasteiger partial charge is 0.254 e. The number of rotatable bonds is 5. The molecule has 2 aliphatic heterocycles. The third-order valence-electron chi connectivity index (χ3n) is 7.68. The van der Waals surface area contributed by atoms with Crippen molar-refractivity contribution in [2.45, 2.75) is 20.4 Å². The molecular weight excluding hydrogens is 486 g/mol. The molecule has 0 unspecified atom stereocenters. The second-order valence-corrected chi connectivity index (χ2v) is 10.3. The summed E-state index contributed by atoms with van der Waals surface area (Å²) in [5.74, 6) is 0.767. The predicted molar refractivity (Wildman–Crippen MR) is 152 cm³/mol. The number of carbonyl (C=O) groups is 1. The maximum absolute atomic E-state index is 13.5. The molecule has 0 bridgehead atoms. The number of pyridine rings is 1. The van der Waals surface area contributed by atoms with E-state index in [0.717, 1.165) is 60.8 Å². The summed E-state index contributed by atoms with van der Waals surface area (Å²) in [7, 11) is 0. The van der Waals surface area contributed by atoms with Crippen molar-refractivity contribution in [1.29, 1.82) is 10.5 Å². The van der Waals surface area contributed by atoms with Gasteiger partial charge in [0.05, 0.1) is 16.8 Å². The van der Waals surface area contributed by atoms with Crippen LogP contribution in [0.15, 0.2) is 54.6 Å². The molecule has 3 heterocycles. The number of hydrogen-bond acceptors (Lipinski definition) is 7. The van der Waals surface area contributed by atoms with E-state index in [1.54, 1.807) is 0 Å². The fourth-order valence-corrected chi connectivity index (χ4v) is 5.41. The van der Waals surface area contributed by atoms with Crippen molar-refractivity contribution in [3.05, 3.63) is 88.1 Å². The van der Waals surface area contributed by atoms with Gasteiger partial charge in [-0.25, -0.2) is 4.98 Å². The van der Waals surface area contributed by atoms with E-state index in [-0.39, 0.29) is 5.91 Å². The number of amides is 1. The van der Waals surface area contributed by atoms with E-state index in [4.69, 9.17) is 0 Å². The van der Waals surface area contributed by atoms with Crippen LogP contribution in [-0.2, 0) is 6.54 Å². The highest BCUT2D eigenvalue weighted by Gasteiger charge is 2.26. The summed E-state index contributed by atoms with van der Waals surface area (Å²) < 4.78 is 0. The first-order chi connectivity index (χ1) is 19.0. The number of aryl methyl sites for hydroxylation is 2. The highest BCUT2D eigenvalue weighted by molar-refractivity contribution is 5.96. The molecule has 2 saturated heterocycles. The van der Waals surface area contributed by atoms with Crippen LogP contribution in [0.4, 0.5) is 11.5 Å². The number of nitriles is 2. The molecule has 1 amide bonds. The molecule has 198 valence electrons. The number of carbonyl (C=O) groups excluding carboxylic acids is 1. The Morgan fingerprint density at radius 2 is 1.51 bits per heavy atom. The fourth-order valence-electron chi connectivity index (χ4n) is 5.41. The molecule has 8 heteroatoms. The molecule has 0 atom stereocenters. The standard InChI is InChI=1S/C31H33N7O/c1-23-7-9-25(22-35-11-13-36(14-12-35)29-6-4-3-5-26(29)20-32)19-28(23)31(39)38-17-15-37(16-18-38)30-27(21-33)10-8-24(2)34-30/h3-10,19H,11-18,22H2,1-2H3. The average Bonchev–Trinajstić information content (AvgIpc) is 2.98. The molecule has 2 aromatic carbocycles. The van der Waals surface area contributed by atoms with Crippen LogP contribution in [0.1, 0.15) is 38.3 Å². The van der Waals surface area contributed by atoms with Gasteiger partial charge in [0.2, 0.25) is 0 Å². The van der Waals surface area contributed by atoms with Crippen molar-refractivity contribution >= 4 is 17.4 Å². The Balaban J connectivity index is 1.20. The van der Waals surface area contributed by atoms with Gasteiger partial charge in [-0.2, -0.15) is 10.5 Å². The number of anilines is 2. The largest absolute Gasteiger partial charge is 0.368 e. The lowest BCUT2D eigenvalue weighted by Gasteiger charge is -2.37. The van der Waals surface area contributed by atoms with Crippen LogP contribution < -0.4 is 9.80 Å². The number of para-hydroxylation sites is 1.